The molecule has 1 saturated carbocycles. The van der Waals surface area contributed by atoms with Crippen molar-refractivity contribution in [3.05, 3.63) is 68.7 Å². The maximum absolute atomic E-state index is 14.3. The minimum Gasteiger partial charge on any atom is -0.491 e. The molecule has 3 heterocycles. The summed E-state index contributed by atoms with van der Waals surface area (Å²) in [6, 6.07) is 7.47. The molecule has 5 rings (SSSR count). The zero-order chi connectivity index (χ0) is 31.1. The van der Waals surface area contributed by atoms with Crippen LogP contribution in [0.5, 0.6) is 5.75 Å². The van der Waals surface area contributed by atoms with Crippen LogP contribution >= 0.6 is 11.3 Å². The molecule has 0 bridgehead atoms. The van der Waals surface area contributed by atoms with Gasteiger partial charge in [0.15, 0.2) is 0 Å². The number of para-hydroxylation sites is 1. The number of aromatic nitrogens is 3. The molecule has 12 heteroatoms. The average molecular weight is 609 g/mol. The highest BCUT2D eigenvalue weighted by molar-refractivity contribution is 7.22. The number of primary amides is 1. The van der Waals surface area contributed by atoms with Crippen molar-refractivity contribution in [1.82, 2.24) is 14.1 Å². The Morgan fingerprint density at radius 2 is 1.88 bits per heavy atom. The van der Waals surface area contributed by atoms with E-state index in [1.807, 2.05) is 38.1 Å². The summed E-state index contributed by atoms with van der Waals surface area (Å²) in [7, 11) is 0. The quantitative estimate of drug-likeness (QED) is 0.277. The first-order valence-electron chi connectivity index (χ1n) is 14.3. The lowest BCUT2D eigenvalue weighted by Crippen LogP contribution is -2.54. The first kappa shape index (κ1) is 30.4. The van der Waals surface area contributed by atoms with Crippen molar-refractivity contribution in [3.8, 4) is 16.5 Å². The number of carbonyl (C=O) groups is 2. The Bertz CT molecular complexity index is 1770. The molecule has 1 unspecified atom stereocenters. The van der Waals surface area contributed by atoms with Crippen molar-refractivity contribution in [2.75, 3.05) is 0 Å². The number of fused-ring (bicyclic) bond motifs is 1. The molecule has 1 aromatic carbocycles. The Hall–Kier alpha value is -4.03. The van der Waals surface area contributed by atoms with E-state index in [1.165, 1.54) is 42.2 Å². The molecule has 0 saturated heterocycles. The molecule has 1 fully saturated rings. The smallest absolute Gasteiger partial charge is 0.333 e. The second-order valence-corrected chi connectivity index (χ2v) is 12.6. The fourth-order valence-electron chi connectivity index (χ4n) is 5.42. The number of benzene rings is 1. The fourth-order valence-corrected chi connectivity index (χ4v) is 6.66. The molecular formula is C31H36N4O7S. The van der Waals surface area contributed by atoms with Crippen LogP contribution in [0.2, 0.25) is 0 Å². The van der Waals surface area contributed by atoms with Crippen molar-refractivity contribution in [1.29, 1.82) is 0 Å². The molecule has 43 heavy (non-hydrogen) atoms. The summed E-state index contributed by atoms with van der Waals surface area (Å²) < 4.78 is 20.7. The molecule has 1 aliphatic rings. The van der Waals surface area contributed by atoms with Gasteiger partial charge in [-0.2, -0.15) is 0 Å². The minimum atomic E-state index is -1.62. The number of oxazole rings is 1. The van der Waals surface area contributed by atoms with Crippen LogP contribution in [0.25, 0.3) is 21.0 Å². The lowest BCUT2D eigenvalue weighted by Gasteiger charge is -2.30. The average Bonchev–Trinajstić information content (AvgIpc) is 3.59. The molecule has 1 aliphatic carbocycles. The third-order valence-electron chi connectivity index (χ3n) is 7.83. The topological polar surface area (TPSA) is 149 Å². The molecule has 3 aromatic heterocycles. The molecule has 0 spiro atoms. The van der Waals surface area contributed by atoms with E-state index in [9.17, 15) is 19.2 Å². The molecule has 0 aliphatic heterocycles. The van der Waals surface area contributed by atoms with Gasteiger partial charge in [0.2, 0.25) is 11.8 Å². The van der Waals surface area contributed by atoms with Crippen LogP contribution in [0, 0.1) is 6.92 Å². The Morgan fingerprint density at radius 1 is 1.19 bits per heavy atom. The van der Waals surface area contributed by atoms with E-state index >= 15 is 0 Å². The first-order valence-corrected chi connectivity index (χ1v) is 15.1. The summed E-state index contributed by atoms with van der Waals surface area (Å²) in [6.45, 7) is 8.50. The van der Waals surface area contributed by atoms with Gasteiger partial charge in [-0.05, 0) is 59.1 Å². The Balaban J connectivity index is 1.74. The van der Waals surface area contributed by atoms with Gasteiger partial charge in [0, 0.05) is 18.4 Å². The number of carbonyl (C=O) groups excluding carboxylic acids is 2. The van der Waals surface area contributed by atoms with Crippen molar-refractivity contribution >= 4 is 33.2 Å². The zero-order valence-electron chi connectivity index (χ0n) is 24.9. The Labute approximate surface area is 252 Å². The van der Waals surface area contributed by atoms with Crippen molar-refractivity contribution in [2.24, 2.45) is 5.73 Å². The highest BCUT2D eigenvalue weighted by Gasteiger charge is 2.35. The lowest BCUT2D eigenvalue weighted by molar-refractivity contribution is -0.126. The van der Waals surface area contributed by atoms with Gasteiger partial charge in [0.25, 0.3) is 5.56 Å². The van der Waals surface area contributed by atoms with Gasteiger partial charge in [-0.15, -0.1) is 11.3 Å². The third-order valence-corrected chi connectivity index (χ3v) is 9.13. The normalized spacial score (nSPS) is 15.3. The number of amides is 1. The second kappa shape index (κ2) is 11.9. The summed E-state index contributed by atoms with van der Waals surface area (Å²) in [4.78, 5) is 58.0. The highest BCUT2D eigenvalue weighted by Crippen LogP contribution is 2.38. The van der Waals surface area contributed by atoms with Gasteiger partial charge < -0.3 is 19.6 Å². The molecule has 1 atom stereocenters. The van der Waals surface area contributed by atoms with E-state index < -0.39 is 28.8 Å². The molecular weight excluding hydrogens is 572 g/mol. The number of hydrogen-bond donors (Lipinski definition) is 1. The van der Waals surface area contributed by atoms with Crippen LogP contribution in [-0.4, -0.2) is 38.0 Å². The Kier molecular flexibility index (Phi) is 8.44. The summed E-state index contributed by atoms with van der Waals surface area (Å²) >= 11 is 1.21. The van der Waals surface area contributed by atoms with Gasteiger partial charge in [-0.3, -0.25) is 19.0 Å². The Morgan fingerprint density at radius 3 is 2.51 bits per heavy atom. The van der Waals surface area contributed by atoms with Crippen LogP contribution in [0.1, 0.15) is 70.6 Å². The van der Waals surface area contributed by atoms with Crippen LogP contribution < -0.4 is 21.7 Å². The summed E-state index contributed by atoms with van der Waals surface area (Å²) in [5.74, 6) is 0.293. The number of rotatable bonds is 10. The number of nitrogens with zero attached hydrogens (tertiary/aromatic N) is 3. The predicted octanol–water partition coefficient (Wildman–Crippen LogP) is 4.47. The standard InChI is InChI=1S/C31H36N4O7S/c1-17(2)41-22-9-7-6-8-21(22)23(42-20-12-10-19(36)11-13-20)16-34-28-24(18(3)25(43-28)26-33-14-15-40-26)27(37)35(30(34)39)31(4,5)29(32)38/h6-9,14-15,17,20,23H,10-13,16H2,1-5H3,(H2,32,38). The van der Waals surface area contributed by atoms with Crippen LogP contribution in [-0.2, 0) is 26.4 Å². The van der Waals surface area contributed by atoms with E-state index in [4.69, 9.17) is 19.6 Å². The van der Waals surface area contributed by atoms with Crippen molar-refractivity contribution < 1.29 is 23.5 Å². The van der Waals surface area contributed by atoms with E-state index in [2.05, 4.69) is 4.98 Å². The second-order valence-electron chi connectivity index (χ2n) is 11.6. The number of Topliss-reactive ketones (excluding diaryl/α,β-unsaturated/α-hetero) is 1. The van der Waals surface area contributed by atoms with Gasteiger partial charge in [-0.1, -0.05) is 18.2 Å². The molecule has 0 radical (unpaired) electrons. The first-order chi connectivity index (χ1) is 20.4. The molecule has 11 nitrogen and oxygen atoms in total. The third kappa shape index (κ3) is 5.81. The summed E-state index contributed by atoms with van der Waals surface area (Å²) in [6.07, 6.45) is 3.88. The minimum absolute atomic E-state index is 0.00164. The zero-order valence-corrected chi connectivity index (χ0v) is 25.7. The van der Waals surface area contributed by atoms with Crippen LogP contribution in [0.4, 0.5) is 0 Å². The SMILES string of the molecule is Cc1c(-c2ncco2)sc2c1c(=O)n(C(C)(C)C(N)=O)c(=O)n2CC(OC1CCC(=O)CC1)c1ccccc1OC(C)C. The van der Waals surface area contributed by atoms with Crippen molar-refractivity contribution in [2.45, 2.75) is 90.7 Å². The molecule has 1 amide bonds. The maximum atomic E-state index is 14.3. The molecule has 2 N–H and O–H groups in total. The monoisotopic (exact) mass is 608 g/mol. The van der Waals surface area contributed by atoms with Crippen LogP contribution in [0.15, 0.2) is 50.7 Å². The number of ketones is 1. The highest BCUT2D eigenvalue weighted by atomic mass is 32.1. The fraction of sp³-hybridized carbons (Fsp3) is 0.452. The number of ether oxygens (including phenoxy) is 2. The number of nitrogens with two attached hydrogens (primary N) is 1. The van der Waals surface area contributed by atoms with Crippen molar-refractivity contribution in [3.63, 3.8) is 0 Å². The number of thiophene rings is 1. The molecule has 4 aromatic rings. The van der Waals surface area contributed by atoms with E-state index in [0.717, 1.165) is 10.1 Å². The summed E-state index contributed by atoms with van der Waals surface area (Å²) in [5, 5.41) is 0.265. The van der Waals surface area contributed by atoms with Gasteiger partial charge in [0.05, 0.1) is 35.2 Å². The van der Waals surface area contributed by atoms with Gasteiger partial charge in [-0.25, -0.2) is 14.3 Å². The number of hydrogen-bond acceptors (Lipinski definition) is 9. The predicted molar refractivity (Wildman–Crippen MR) is 162 cm³/mol. The lowest BCUT2D eigenvalue weighted by atomic mass is 9.96. The van der Waals surface area contributed by atoms with Gasteiger partial charge >= 0.3 is 5.69 Å². The van der Waals surface area contributed by atoms with Gasteiger partial charge in [0.1, 0.15) is 34.3 Å². The largest absolute Gasteiger partial charge is 0.491 e. The van der Waals surface area contributed by atoms with E-state index in [-0.39, 0.29) is 29.9 Å². The van der Waals surface area contributed by atoms with E-state index in [1.54, 1.807) is 6.92 Å². The number of aryl methyl sites for hydroxylation is 1. The summed E-state index contributed by atoms with van der Waals surface area (Å²) in [5.41, 5.74) is 4.06. The molecule has 228 valence electrons. The van der Waals surface area contributed by atoms with E-state index in [0.29, 0.717) is 52.6 Å². The maximum Gasteiger partial charge on any atom is 0.333 e. The van der Waals surface area contributed by atoms with Crippen LogP contribution in [0.3, 0.4) is 0 Å².